The van der Waals surface area contributed by atoms with Crippen LogP contribution in [0.4, 0.5) is 5.69 Å². The molecule has 1 aromatic carbocycles. The zero-order valence-electron chi connectivity index (χ0n) is 19.7. The number of anilines is 1. The van der Waals surface area contributed by atoms with Gasteiger partial charge in [-0.15, -0.1) is 0 Å². The molecule has 1 amide bonds. The van der Waals surface area contributed by atoms with Crippen molar-refractivity contribution in [3.8, 4) is 0 Å². The molecule has 1 aromatic heterocycles. The number of rotatable bonds is 9. The van der Waals surface area contributed by atoms with Gasteiger partial charge < -0.3 is 14.6 Å². The highest BCUT2D eigenvalue weighted by atomic mass is 16.5. The predicted octanol–water partition coefficient (Wildman–Crippen LogP) is 5.12. The molecule has 0 aliphatic rings. The van der Waals surface area contributed by atoms with E-state index in [9.17, 15) is 9.59 Å². The van der Waals surface area contributed by atoms with Crippen molar-refractivity contribution in [1.82, 2.24) is 10.1 Å². The van der Waals surface area contributed by atoms with Crippen molar-refractivity contribution >= 4 is 17.6 Å². The smallest absolute Gasteiger partial charge is 0.306 e. The molecule has 0 unspecified atom stereocenters. The number of aromatic nitrogens is 2. The number of carbonyl (C=O) groups excluding carboxylic acids is 2. The number of para-hydroxylation sites is 1. The zero-order valence-corrected chi connectivity index (χ0v) is 19.7. The summed E-state index contributed by atoms with van der Waals surface area (Å²) in [4.78, 5) is 28.8. The first-order valence-electron chi connectivity index (χ1n) is 10.9. The monoisotopic (exact) mass is 429 g/mol. The van der Waals surface area contributed by atoms with Crippen LogP contribution >= 0.6 is 0 Å². The van der Waals surface area contributed by atoms with E-state index in [1.54, 1.807) is 0 Å². The number of hydrogen-bond donors (Lipinski definition) is 1. The molecule has 31 heavy (non-hydrogen) atoms. The molecule has 0 spiro atoms. The zero-order chi connectivity index (χ0) is 23.2. The van der Waals surface area contributed by atoms with Gasteiger partial charge in [-0.1, -0.05) is 71.8 Å². The fraction of sp³-hybridized carbons (Fsp3) is 0.583. The standard InChI is InChI=1S/C24H35N3O4/c1-15(2)17-10-8-11-18(16(3)4)22(17)25-19(28)14-30-21(29)13-9-12-20-26-23(27-31-20)24(5,6)7/h8,10-11,15-16H,9,12-14H2,1-7H3,(H,25,28). The highest BCUT2D eigenvalue weighted by Gasteiger charge is 2.21. The van der Waals surface area contributed by atoms with E-state index in [0.29, 0.717) is 24.6 Å². The molecular formula is C24H35N3O4. The van der Waals surface area contributed by atoms with Crippen LogP contribution in [0, 0.1) is 0 Å². The normalized spacial score (nSPS) is 11.8. The van der Waals surface area contributed by atoms with Crippen LogP contribution in [-0.4, -0.2) is 28.6 Å². The second-order valence-corrected chi connectivity index (χ2v) is 9.45. The molecule has 7 nitrogen and oxygen atoms in total. The third kappa shape index (κ3) is 7.19. The molecule has 2 aromatic rings. The Hall–Kier alpha value is -2.70. The summed E-state index contributed by atoms with van der Waals surface area (Å²) in [5.41, 5.74) is 2.78. The summed E-state index contributed by atoms with van der Waals surface area (Å²) >= 11 is 0. The summed E-state index contributed by atoms with van der Waals surface area (Å²) in [5.74, 6) is 0.910. The molecule has 0 radical (unpaired) electrons. The van der Waals surface area contributed by atoms with Crippen molar-refractivity contribution in [2.75, 3.05) is 11.9 Å². The summed E-state index contributed by atoms with van der Waals surface area (Å²) in [6, 6.07) is 6.04. The molecule has 0 bridgehead atoms. The maximum atomic E-state index is 12.4. The van der Waals surface area contributed by atoms with Crippen LogP contribution in [0.1, 0.15) is 96.0 Å². The fourth-order valence-corrected chi connectivity index (χ4v) is 3.13. The van der Waals surface area contributed by atoms with Gasteiger partial charge in [0.2, 0.25) is 5.89 Å². The first-order valence-corrected chi connectivity index (χ1v) is 10.9. The molecular weight excluding hydrogens is 394 g/mol. The topological polar surface area (TPSA) is 94.3 Å². The third-order valence-corrected chi connectivity index (χ3v) is 4.91. The van der Waals surface area contributed by atoms with Gasteiger partial charge in [-0.3, -0.25) is 9.59 Å². The first kappa shape index (κ1) is 24.6. The second kappa shape index (κ2) is 10.6. The fourth-order valence-electron chi connectivity index (χ4n) is 3.13. The average Bonchev–Trinajstić information content (AvgIpc) is 3.15. The number of aryl methyl sites for hydroxylation is 1. The molecule has 0 atom stereocenters. The molecule has 0 fully saturated rings. The van der Waals surface area contributed by atoms with E-state index in [0.717, 1.165) is 16.8 Å². The number of carbonyl (C=O) groups is 2. The molecule has 0 aliphatic carbocycles. The maximum absolute atomic E-state index is 12.4. The summed E-state index contributed by atoms with van der Waals surface area (Å²) in [6.45, 7) is 14.1. The van der Waals surface area contributed by atoms with Gasteiger partial charge in [-0.2, -0.15) is 4.98 Å². The van der Waals surface area contributed by atoms with Crippen molar-refractivity contribution in [3.05, 3.63) is 41.0 Å². The minimum Gasteiger partial charge on any atom is -0.456 e. The average molecular weight is 430 g/mol. The summed E-state index contributed by atoms with van der Waals surface area (Å²) in [6.07, 6.45) is 1.18. The van der Waals surface area contributed by atoms with Crippen molar-refractivity contribution in [2.24, 2.45) is 0 Å². The van der Waals surface area contributed by atoms with Gasteiger partial charge in [-0.05, 0) is 29.4 Å². The third-order valence-electron chi connectivity index (χ3n) is 4.91. The maximum Gasteiger partial charge on any atom is 0.306 e. The van der Waals surface area contributed by atoms with E-state index in [4.69, 9.17) is 9.26 Å². The van der Waals surface area contributed by atoms with Crippen molar-refractivity contribution in [1.29, 1.82) is 0 Å². The number of hydrogen-bond acceptors (Lipinski definition) is 6. The van der Waals surface area contributed by atoms with Crippen molar-refractivity contribution in [2.45, 2.75) is 85.0 Å². The highest BCUT2D eigenvalue weighted by molar-refractivity contribution is 5.94. The number of nitrogens with zero attached hydrogens (tertiary/aromatic N) is 2. The van der Waals surface area contributed by atoms with Gasteiger partial charge in [0.05, 0.1) is 0 Å². The molecule has 1 N–H and O–H groups in total. The van der Waals surface area contributed by atoms with Crippen LogP contribution in [0.15, 0.2) is 22.7 Å². The summed E-state index contributed by atoms with van der Waals surface area (Å²) in [7, 11) is 0. The first-order chi connectivity index (χ1) is 14.5. The Balaban J connectivity index is 1.84. The van der Waals surface area contributed by atoms with Crippen molar-refractivity contribution < 1.29 is 18.8 Å². The van der Waals surface area contributed by atoms with Gasteiger partial charge in [0.15, 0.2) is 12.4 Å². The Morgan fingerprint density at radius 3 is 2.23 bits per heavy atom. The van der Waals surface area contributed by atoms with Crippen LogP contribution in [0.3, 0.4) is 0 Å². The van der Waals surface area contributed by atoms with E-state index in [1.807, 2.05) is 39.0 Å². The SMILES string of the molecule is CC(C)c1cccc(C(C)C)c1NC(=O)COC(=O)CCCc1nc(C(C)(C)C)no1. The molecule has 7 heteroatoms. The Morgan fingerprint density at radius 2 is 1.71 bits per heavy atom. The highest BCUT2D eigenvalue weighted by Crippen LogP contribution is 2.32. The Labute approximate surface area is 184 Å². The minimum absolute atomic E-state index is 0.181. The molecule has 0 saturated carbocycles. The minimum atomic E-state index is -0.424. The van der Waals surface area contributed by atoms with E-state index in [-0.39, 0.29) is 36.2 Å². The van der Waals surface area contributed by atoms with Gasteiger partial charge >= 0.3 is 5.97 Å². The molecule has 0 aliphatic heterocycles. The van der Waals surface area contributed by atoms with Crippen LogP contribution in [0.2, 0.25) is 0 Å². The molecule has 1 heterocycles. The van der Waals surface area contributed by atoms with Crippen LogP contribution in [0.5, 0.6) is 0 Å². The quantitative estimate of drug-likeness (QED) is 0.556. The molecule has 0 saturated heterocycles. The summed E-state index contributed by atoms with van der Waals surface area (Å²) < 4.78 is 10.4. The Morgan fingerprint density at radius 1 is 1.10 bits per heavy atom. The van der Waals surface area contributed by atoms with Crippen LogP contribution < -0.4 is 5.32 Å². The largest absolute Gasteiger partial charge is 0.456 e. The van der Waals surface area contributed by atoms with Gasteiger partial charge in [0.25, 0.3) is 5.91 Å². The van der Waals surface area contributed by atoms with Crippen LogP contribution in [-0.2, 0) is 26.2 Å². The second-order valence-electron chi connectivity index (χ2n) is 9.45. The van der Waals surface area contributed by atoms with E-state index in [2.05, 4.69) is 43.2 Å². The van der Waals surface area contributed by atoms with E-state index in [1.165, 1.54) is 0 Å². The molecule has 2 rings (SSSR count). The summed E-state index contributed by atoms with van der Waals surface area (Å²) in [5, 5.41) is 6.91. The van der Waals surface area contributed by atoms with Crippen molar-refractivity contribution in [3.63, 3.8) is 0 Å². The lowest BCUT2D eigenvalue weighted by molar-refractivity contribution is -0.147. The Kier molecular flexibility index (Phi) is 8.36. The van der Waals surface area contributed by atoms with Gasteiger partial charge in [0.1, 0.15) is 0 Å². The van der Waals surface area contributed by atoms with E-state index >= 15 is 0 Å². The van der Waals surface area contributed by atoms with Crippen LogP contribution in [0.25, 0.3) is 0 Å². The number of amides is 1. The van der Waals surface area contributed by atoms with E-state index < -0.39 is 5.97 Å². The lowest BCUT2D eigenvalue weighted by Crippen LogP contribution is -2.22. The molecule has 170 valence electrons. The predicted molar refractivity (Wildman–Crippen MR) is 120 cm³/mol. The Bertz CT molecular complexity index is 868. The number of esters is 1. The lowest BCUT2D eigenvalue weighted by Gasteiger charge is -2.20. The number of nitrogens with one attached hydrogen (secondary N) is 1. The number of benzene rings is 1. The van der Waals surface area contributed by atoms with Gasteiger partial charge in [-0.25, -0.2) is 0 Å². The van der Waals surface area contributed by atoms with Gasteiger partial charge in [0, 0.05) is 23.9 Å². The number of ether oxygens (including phenoxy) is 1. The lowest BCUT2D eigenvalue weighted by atomic mass is 9.92.